The van der Waals surface area contributed by atoms with Gasteiger partial charge in [-0.05, 0) is 43.2 Å². The van der Waals surface area contributed by atoms with Crippen LogP contribution in [-0.4, -0.2) is 32.3 Å². The molecule has 0 aliphatic heterocycles. The molecule has 2 amide bonds. The van der Waals surface area contributed by atoms with Crippen LogP contribution in [0.25, 0.3) is 0 Å². The van der Waals surface area contributed by atoms with Crippen molar-refractivity contribution in [2.75, 3.05) is 11.1 Å². The van der Waals surface area contributed by atoms with E-state index in [1.807, 2.05) is 43.5 Å². The maximum atomic E-state index is 13.3. The minimum absolute atomic E-state index is 0.0619. The molecule has 10 heteroatoms. The van der Waals surface area contributed by atoms with Crippen molar-refractivity contribution in [1.82, 2.24) is 20.1 Å². The van der Waals surface area contributed by atoms with E-state index in [1.54, 1.807) is 12.1 Å². The minimum Gasteiger partial charge on any atom is -0.342 e. The molecule has 1 atom stereocenters. The van der Waals surface area contributed by atoms with Crippen LogP contribution in [0, 0.1) is 11.7 Å². The summed E-state index contributed by atoms with van der Waals surface area (Å²) in [6.45, 7) is 6.52. The Labute approximate surface area is 201 Å². The molecule has 174 valence electrons. The molecule has 2 aromatic carbocycles. The molecular formula is C23H25ClFN5O2S. The largest absolute Gasteiger partial charge is 0.342 e. The Morgan fingerprint density at radius 2 is 1.88 bits per heavy atom. The first-order valence-electron chi connectivity index (χ1n) is 10.5. The summed E-state index contributed by atoms with van der Waals surface area (Å²) in [6.07, 6.45) is 0. The van der Waals surface area contributed by atoms with Crippen molar-refractivity contribution in [2.24, 2.45) is 5.92 Å². The highest BCUT2D eigenvalue weighted by atomic mass is 35.5. The molecule has 7 nitrogen and oxygen atoms in total. The number of anilines is 1. The number of hydrogen-bond donors (Lipinski definition) is 2. The Hall–Kier alpha value is -2.91. The number of benzene rings is 2. The van der Waals surface area contributed by atoms with Crippen molar-refractivity contribution in [1.29, 1.82) is 0 Å². The number of amides is 2. The molecule has 0 aliphatic rings. The van der Waals surface area contributed by atoms with Crippen LogP contribution < -0.4 is 10.6 Å². The lowest BCUT2D eigenvalue weighted by Crippen LogP contribution is -2.33. The highest BCUT2D eigenvalue weighted by molar-refractivity contribution is 7.99. The van der Waals surface area contributed by atoms with Gasteiger partial charge in [0.15, 0.2) is 11.0 Å². The number of nitrogens with zero attached hydrogens (tertiary/aromatic N) is 3. The Morgan fingerprint density at radius 3 is 2.52 bits per heavy atom. The van der Waals surface area contributed by atoms with Gasteiger partial charge in [-0.1, -0.05) is 55.4 Å². The average Bonchev–Trinajstić information content (AvgIpc) is 3.21. The number of nitrogens with one attached hydrogen (secondary N) is 2. The van der Waals surface area contributed by atoms with Gasteiger partial charge in [0.1, 0.15) is 5.82 Å². The van der Waals surface area contributed by atoms with Gasteiger partial charge in [0.25, 0.3) is 5.91 Å². The molecule has 0 saturated carbocycles. The summed E-state index contributed by atoms with van der Waals surface area (Å²) in [4.78, 5) is 25.1. The predicted molar refractivity (Wildman–Crippen MR) is 128 cm³/mol. The van der Waals surface area contributed by atoms with E-state index < -0.39 is 5.82 Å². The van der Waals surface area contributed by atoms with Crippen molar-refractivity contribution in [3.05, 3.63) is 70.8 Å². The molecule has 0 aliphatic carbocycles. The molecule has 1 heterocycles. The van der Waals surface area contributed by atoms with Gasteiger partial charge in [-0.3, -0.25) is 9.59 Å². The third kappa shape index (κ3) is 6.33. The predicted octanol–water partition coefficient (Wildman–Crippen LogP) is 4.95. The van der Waals surface area contributed by atoms with Gasteiger partial charge >= 0.3 is 0 Å². The summed E-state index contributed by atoms with van der Waals surface area (Å²) >= 11 is 6.99. The molecule has 2 N–H and O–H groups in total. The van der Waals surface area contributed by atoms with Crippen LogP contribution >= 0.6 is 23.4 Å². The first kappa shape index (κ1) is 24.7. The molecule has 0 fully saturated rings. The second-order valence-electron chi connectivity index (χ2n) is 7.61. The van der Waals surface area contributed by atoms with E-state index in [2.05, 4.69) is 20.8 Å². The second kappa shape index (κ2) is 11.3. The van der Waals surface area contributed by atoms with Crippen molar-refractivity contribution in [3.8, 4) is 0 Å². The standard InChI is InChI=1S/C23H25ClFN5O2S/c1-4-30-21(20(14(2)3)27-22(32)15-8-6-5-7-9-15)28-29-23(30)33-13-19(31)26-16-10-11-18(25)17(24)12-16/h5-12,14,20H,4,13H2,1-3H3,(H,26,31)(H,27,32)/t20-/m0/s1. The highest BCUT2D eigenvalue weighted by Gasteiger charge is 2.26. The van der Waals surface area contributed by atoms with Gasteiger partial charge in [0, 0.05) is 17.8 Å². The monoisotopic (exact) mass is 489 g/mol. The summed E-state index contributed by atoms with van der Waals surface area (Å²) in [5.74, 6) is -0.247. The molecule has 1 aromatic heterocycles. The van der Waals surface area contributed by atoms with Crippen LogP contribution in [0.3, 0.4) is 0 Å². The molecular weight excluding hydrogens is 465 g/mol. The molecule has 0 spiro atoms. The minimum atomic E-state index is -0.549. The number of hydrogen-bond acceptors (Lipinski definition) is 5. The quantitative estimate of drug-likeness (QED) is 0.415. The Kier molecular flexibility index (Phi) is 8.46. The summed E-state index contributed by atoms with van der Waals surface area (Å²) in [7, 11) is 0. The Morgan fingerprint density at radius 1 is 1.15 bits per heavy atom. The lowest BCUT2D eigenvalue weighted by molar-refractivity contribution is -0.113. The van der Waals surface area contributed by atoms with Gasteiger partial charge in [-0.15, -0.1) is 10.2 Å². The van der Waals surface area contributed by atoms with E-state index in [-0.39, 0.29) is 34.5 Å². The van der Waals surface area contributed by atoms with Crippen LogP contribution in [-0.2, 0) is 11.3 Å². The van der Waals surface area contributed by atoms with Gasteiger partial charge in [0.05, 0.1) is 16.8 Å². The van der Waals surface area contributed by atoms with Crippen molar-refractivity contribution in [2.45, 2.75) is 38.5 Å². The topological polar surface area (TPSA) is 88.9 Å². The zero-order valence-electron chi connectivity index (χ0n) is 18.5. The second-order valence-corrected chi connectivity index (χ2v) is 8.96. The lowest BCUT2D eigenvalue weighted by Gasteiger charge is -2.22. The van der Waals surface area contributed by atoms with Crippen molar-refractivity contribution in [3.63, 3.8) is 0 Å². The fourth-order valence-corrected chi connectivity index (χ4v) is 4.17. The van der Waals surface area contributed by atoms with E-state index in [0.29, 0.717) is 28.8 Å². The number of thioether (sulfide) groups is 1. The van der Waals surface area contributed by atoms with Crippen molar-refractivity contribution < 1.29 is 14.0 Å². The lowest BCUT2D eigenvalue weighted by atomic mass is 10.0. The maximum Gasteiger partial charge on any atom is 0.251 e. The maximum absolute atomic E-state index is 13.3. The first-order chi connectivity index (χ1) is 15.8. The molecule has 3 aromatic rings. The number of halogens is 2. The fourth-order valence-electron chi connectivity index (χ4n) is 3.18. The molecule has 33 heavy (non-hydrogen) atoms. The third-order valence-corrected chi connectivity index (χ3v) is 6.12. The van der Waals surface area contributed by atoms with Gasteiger partial charge in [-0.2, -0.15) is 0 Å². The molecule has 0 bridgehead atoms. The average molecular weight is 490 g/mol. The third-order valence-electron chi connectivity index (χ3n) is 4.86. The van der Waals surface area contributed by atoms with Crippen LogP contribution in [0.1, 0.15) is 43.0 Å². The van der Waals surface area contributed by atoms with Crippen LogP contribution in [0.15, 0.2) is 53.7 Å². The summed E-state index contributed by atoms with van der Waals surface area (Å²) < 4.78 is 15.2. The molecule has 0 unspecified atom stereocenters. The number of carbonyl (C=O) groups is 2. The number of rotatable bonds is 9. The zero-order valence-corrected chi connectivity index (χ0v) is 20.1. The summed E-state index contributed by atoms with van der Waals surface area (Å²) in [6, 6.07) is 12.6. The zero-order chi connectivity index (χ0) is 24.0. The smallest absolute Gasteiger partial charge is 0.251 e. The fraction of sp³-hybridized carbons (Fsp3) is 0.304. The van der Waals surface area contributed by atoms with Gasteiger partial charge in [-0.25, -0.2) is 4.39 Å². The van der Waals surface area contributed by atoms with Crippen molar-refractivity contribution >= 4 is 40.9 Å². The number of aromatic nitrogens is 3. The summed E-state index contributed by atoms with van der Waals surface area (Å²) in [5, 5.41) is 14.8. The van der Waals surface area contributed by atoms with Gasteiger partial charge in [0.2, 0.25) is 5.91 Å². The highest BCUT2D eigenvalue weighted by Crippen LogP contribution is 2.26. The number of carbonyl (C=O) groups excluding carboxylic acids is 2. The summed E-state index contributed by atoms with van der Waals surface area (Å²) in [5.41, 5.74) is 0.978. The van der Waals surface area contributed by atoms with E-state index >= 15 is 0 Å². The van der Waals surface area contributed by atoms with E-state index in [0.717, 1.165) is 0 Å². The first-order valence-corrected chi connectivity index (χ1v) is 11.8. The normalized spacial score (nSPS) is 11.9. The van der Waals surface area contributed by atoms with E-state index in [4.69, 9.17) is 11.6 Å². The van der Waals surface area contributed by atoms with Crippen LogP contribution in [0.4, 0.5) is 10.1 Å². The van der Waals surface area contributed by atoms with Gasteiger partial charge < -0.3 is 15.2 Å². The Bertz CT molecular complexity index is 1120. The molecule has 0 saturated heterocycles. The van der Waals surface area contributed by atoms with Crippen LogP contribution in [0.5, 0.6) is 0 Å². The van der Waals surface area contributed by atoms with E-state index in [9.17, 15) is 14.0 Å². The molecule has 0 radical (unpaired) electrons. The molecule has 3 rings (SSSR count). The van der Waals surface area contributed by atoms with Crippen LogP contribution in [0.2, 0.25) is 5.02 Å². The van der Waals surface area contributed by atoms with E-state index in [1.165, 1.54) is 30.0 Å². The Balaban J connectivity index is 1.70. The SMILES string of the molecule is CCn1c(SCC(=O)Nc2ccc(F)c(Cl)c2)nnc1[C@@H](NC(=O)c1ccccc1)C(C)C.